The molecule has 0 saturated carbocycles. The van der Waals surface area contributed by atoms with E-state index in [9.17, 15) is 24.0 Å². The van der Waals surface area contributed by atoms with E-state index in [4.69, 9.17) is 19.7 Å². The Morgan fingerprint density at radius 3 is 2.16 bits per heavy atom. The Kier molecular flexibility index (Phi) is 15.5. The zero-order valence-electron chi connectivity index (χ0n) is 26.3. The summed E-state index contributed by atoms with van der Waals surface area (Å²) in [5, 5.41) is 12.2. The Hall–Kier alpha value is -4.56. The van der Waals surface area contributed by atoms with Gasteiger partial charge >= 0.3 is 18.2 Å². The summed E-state index contributed by atoms with van der Waals surface area (Å²) >= 11 is 0. The van der Waals surface area contributed by atoms with Gasteiger partial charge in [0.25, 0.3) is 0 Å². The number of hydrogen-bond acceptors (Lipinski definition) is 10. The van der Waals surface area contributed by atoms with Crippen molar-refractivity contribution < 1.29 is 38.2 Å². The van der Waals surface area contributed by atoms with Crippen LogP contribution in [0.4, 0.5) is 9.59 Å². The lowest BCUT2D eigenvalue weighted by Crippen LogP contribution is -2.56. The Labute approximate surface area is 257 Å². The van der Waals surface area contributed by atoms with Crippen LogP contribution < -0.4 is 21.4 Å². The van der Waals surface area contributed by atoms with Crippen molar-refractivity contribution >= 4 is 30.0 Å². The first-order chi connectivity index (χ1) is 20.5. The van der Waals surface area contributed by atoms with Gasteiger partial charge in [-0.1, -0.05) is 35.4 Å². The molecule has 0 aliphatic rings. The molecule has 16 heteroatoms. The van der Waals surface area contributed by atoms with Crippen LogP contribution in [0.15, 0.2) is 35.4 Å². The van der Waals surface area contributed by atoms with Gasteiger partial charge in [-0.15, -0.1) is 0 Å². The molecule has 2 atom stereocenters. The van der Waals surface area contributed by atoms with Crippen LogP contribution in [-0.2, 0) is 35.2 Å². The van der Waals surface area contributed by atoms with Crippen molar-refractivity contribution in [3.8, 4) is 0 Å². The molecule has 1 aromatic carbocycles. The molecular weight excluding hydrogens is 576 g/mol. The van der Waals surface area contributed by atoms with Gasteiger partial charge in [-0.25, -0.2) is 14.6 Å². The van der Waals surface area contributed by atoms with E-state index in [1.807, 2.05) is 30.3 Å². The van der Waals surface area contributed by atoms with E-state index in [0.29, 0.717) is 0 Å². The molecule has 1 rings (SSSR count). The number of likely N-dealkylation sites (N-methyl/N-ethyl adjacent to an activating group) is 1. The summed E-state index contributed by atoms with van der Waals surface area (Å²) in [6.45, 7) is 9.37. The van der Waals surface area contributed by atoms with E-state index < -0.39 is 53.3 Å². The molecule has 0 aromatic heterocycles. The molecule has 0 bridgehead atoms. The zero-order valence-corrected chi connectivity index (χ0v) is 26.3. The first-order valence-electron chi connectivity index (χ1n) is 13.9. The van der Waals surface area contributed by atoms with E-state index in [-0.39, 0.29) is 39.1 Å². The molecule has 0 heterocycles. The molecule has 0 aliphatic carbocycles. The Bertz CT molecular complexity index is 1160. The van der Waals surface area contributed by atoms with Crippen molar-refractivity contribution in [3.05, 3.63) is 46.3 Å². The molecule has 44 heavy (non-hydrogen) atoms. The van der Waals surface area contributed by atoms with Crippen molar-refractivity contribution in [2.24, 2.45) is 5.11 Å². The highest BCUT2D eigenvalue weighted by Crippen LogP contribution is 2.09. The summed E-state index contributed by atoms with van der Waals surface area (Å²) < 4.78 is 15.6. The molecule has 0 aliphatic heterocycles. The minimum atomic E-state index is -1.32. The lowest BCUT2D eigenvalue weighted by Gasteiger charge is -2.26. The number of ether oxygens (including phenoxy) is 3. The van der Waals surface area contributed by atoms with Gasteiger partial charge in [0, 0.05) is 31.0 Å². The predicted octanol–water partition coefficient (Wildman–Crippen LogP) is 2.69. The van der Waals surface area contributed by atoms with Gasteiger partial charge in [-0.3, -0.25) is 19.8 Å². The summed E-state index contributed by atoms with van der Waals surface area (Å²) in [5.74, 6) is -1.87. The van der Waals surface area contributed by atoms with Gasteiger partial charge < -0.3 is 30.2 Å². The lowest BCUT2D eigenvalue weighted by molar-refractivity contribution is -0.147. The van der Waals surface area contributed by atoms with Gasteiger partial charge in [0.2, 0.25) is 11.8 Å². The fraction of sp³-hybridized carbons (Fsp3) is 0.607. The average molecular weight is 621 g/mol. The monoisotopic (exact) mass is 620 g/mol. The number of alkyl carbamates (subject to hydrolysis) is 2. The number of carbonyl (C=O) groups excluding carboxylic acids is 5. The van der Waals surface area contributed by atoms with Gasteiger partial charge in [0.1, 0.15) is 30.4 Å². The molecule has 4 N–H and O–H groups in total. The highest BCUT2D eigenvalue weighted by Gasteiger charge is 2.28. The fourth-order valence-corrected chi connectivity index (χ4v) is 3.44. The predicted molar refractivity (Wildman–Crippen MR) is 160 cm³/mol. The molecule has 16 nitrogen and oxygen atoms in total. The maximum absolute atomic E-state index is 13.2. The maximum Gasteiger partial charge on any atom is 0.408 e. The van der Waals surface area contributed by atoms with Crippen molar-refractivity contribution in [1.29, 1.82) is 0 Å². The van der Waals surface area contributed by atoms with Gasteiger partial charge in [-0.05, 0) is 59.1 Å². The smallest absolute Gasteiger partial charge is 0.408 e. The number of azide groups is 1. The molecule has 1 aromatic rings. The number of hydrogen-bond donors (Lipinski definition) is 4. The van der Waals surface area contributed by atoms with Crippen LogP contribution in [-0.4, -0.2) is 84.9 Å². The number of esters is 1. The first kappa shape index (κ1) is 37.5. The molecule has 0 spiro atoms. The van der Waals surface area contributed by atoms with Crippen LogP contribution in [0.25, 0.3) is 10.4 Å². The number of hydrazine groups is 1. The highest BCUT2D eigenvalue weighted by atomic mass is 16.6. The molecule has 244 valence electrons. The van der Waals surface area contributed by atoms with Crippen molar-refractivity contribution in [2.45, 2.75) is 84.3 Å². The Balaban J connectivity index is 2.86. The second-order valence-corrected chi connectivity index (χ2v) is 11.8. The van der Waals surface area contributed by atoms with E-state index in [1.54, 1.807) is 41.5 Å². The minimum absolute atomic E-state index is 0.0449. The van der Waals surface area contributed by atoms with Crippen LogP contribution in [0.2, 0.25) is 0 Å². The normalized spacial score (nSPS) is 12.5. The van der Waals surface area contributed by atoms with E-state index in [1.165, 1.54) is 12.1 Å². The SMILES string of the molecule is CN(CC(=O)OCc1ccccc1)NC(=O)C[C@H](CCN=[N+]=[N-])NC(=O)[C@H](CNC(=O)OC(C)(C)C)NC(=O)OC(C)(C)C. The lowest BCUT2D eigenvalue weighted by atomic mass is 10.1. The van der Waals surface area contributed by atoms with E-state index in [0.717, 1.165) is 5.56 Å². The topological polar surface area (TPSA) is 213 Å². The van der Waals surface area contributed by atoms with Crippen molar-refractivity contribution in [3.63, 3.8) is 0 Å². The Morgan fingerprint density at radius 2 is 1.57 bits per heavy atom. The van der Waals surface area contributed by atoms with Gasteiger partial charge in [0.15, 0.2) is 0 Å². The molecule has 4 amide bonds. The van der Waals surface area contributed by atoms with Crippen molar-refractivity contribution in [2.75, 3.05) is 26.7 Å². The second-order valence-electron chi connectivity index (χ2n) is 11.8. The van der Waals surface area contributed by atoms with E-state index in [2.05, 4.69) is 31.4 Å². The van der Waals surface area contributed by atoms with Crippen LogP contribution in [0, 0.1) is 0 Å². The molecule has 0 radical (unpaired) electrons. The molecule has 0 fully saturated rings. The standard InChI is InChI=1S/C28H44N8O8/c1-27(2,3)43-25(40)30-16-21(33-26(41)44-28(4,5)6)24(39)32-20(13-14-31-35-29)15-22(37)34-36(7)17-23(38)42-18-19-11-9-8-10-12-19/h8-12,20-21H,13-18H2,1-7H3,(H,30,40)(H,32,39)(H,33,41)(H,34,37)/t20-,21-/m0/s1. The number of benzene rings is 1. The van der Waals surface area contributed by atoms with Gasteiger partial charge in [0.05, 0.1) is 6.54 Å². The summed E-state index contributed by atoms with van der Waals surface area (Å²) in [4.78, 5) is 65.5. The number of amides is 4. The largest absolute Gasteiger partial charge is 0.460 e. The summed E-state index contributed by atoms with van der Waals surface area (Å²) in [6.07, 6.45) is -1.92. The summed E-state index contributed by atoms with van der Waals surface area (Å²) in [6, 6.07) is 6.94. The third-order valence-electron chi connectivity index (χ3n) is 5.20. The minimum Gasteiger partial charge on any atom is -0.460 e. The number of rotatable bonds is 15. The van der Waals surface area contributed by atoms with Gasteiger partial charge in [-0.2, -0.15) is 0 Å². The van der Waals surface area contributed by atoms with E-state index >= 15 is 0 Å². The van der Waals surface area contributed by atoms with Crippen LogP contribution in [0.3, 0.4) is 0 Å². The molecular formula is C28H44N8O8. The molecule has 0 unspecified atom stereocenters. The quantitative estimate of drug-likeness (QED) is 0.0566. The number of nitrogens with zero attached hydrogens (tertiary/aromatic N) is 4. The summed E-state index contributed by atoms with van der Waals surface area (Å²) in [7, 11) is 1.47. The third kappa shape index (κ3) is 18.1. The first-order valence-corrected chi connectivity index (χ1v) is 13.9. The second kappa shape index (κ2) is 18.2. The molecule has 0 saturated heterocycles. The van der Waals surface area contributed by atoms with Crippen molar-refractivity contribution in [1.82, 2.24) is 26.4 Å². The zero-order chi connectivity index (χ0) is 33.3. The number of carbonyl (C=O) groups is 5. The summed E-state index contributed by atoms with van der Waals surface area (Å²) in [5.41, 5.74) is 10.4. The maximum atomic E-state index is 13.2. The van der Waals surface area contributed by atoms with Crippen LogP contribution in [0.1, 0.15) is 59.9 Å². The van der Waals surface area contributed by atoms with Crippen LogP contribution in [0.5, 0.6) is 0 Å². The highest BCUT2D eigenvalue weighted by molar-refractivity contribution is 5.87. The van der Waals surface area contributed by atoms with Crippen LogP contribution >= 0.6 is 0 Å². The Morgan fingerprint density at radius 1 is 0.955 bits per heavy atom. The number of nitrogens with one attached hydrogen (secondary N) is 4. The third-order valence-corrected chi connectivity index (χ3v) is 5.20. The fourth-order valence-electron chi connectivity index (χ4n) is 3.44. The average Bonchev–Trinajstić information content (AvgIpc) is 2.88.